The van der Waals surface area contributed by atoms with Crippen LogP contribution in [0.4, 0.5) is 5.69 Å². The van der Waals surface area contributed by atoms with Crippen molar-refractivity contribution in [2.45, 2.75) is 6.92 Å². The molecule has 0 aliphatic carbocycles. The first kappa shape index (κ1) is 21.1. The quantitative estimate of drug-likeness (QED) is 0.405. The lowest BCUT2D eigenvalue weighted by Gasteiger charge is -2.11. The van der Waals surface area contributed by atoms with Crippen LogP contribution < -0.4 is 5.32 Å². The molecule has 5 rings (SSSR count). The zero-order valence-corrected chi connectivity index (χ0v) is 17.9. The van der Waals surface area contributed by atoms with Crippen LogP contribution in [0.1, 0.15) is 16.1 Å². The number of halogens is 1. The summed E-state index contributed by atoms with van der Waals surface area (Å²) in [5.41, 5.74) is 6.96. The Morgan fingerprint density at radius 2 is 1.50 bits per heavy atom. The predicted octanol–water partition coefficient (Wildman–Crippen LogP) is 5.06. The van der Waals surface area contributed by atoms with E-state index in [1.54, 1.807) is 36.9 Å². The average Bonchev–Trinajstić information content (AvgIpc) is 3.24. The number of amides is 1. The minimum Gasteiger partial charge on any atom is -0.320 e. The van der Waals surface area contributed by atoms with E-state index < -0.39 is 0 Å². The minimum absolute atomic E-state index is 0. The summed E-state index contributed by atoms with van der Waals surface area (Å²) >= 11 is 0. The van der Waals surface area contributed by atoms with Gasteiger partial charge < -0.3 is 5.32 Å². The zero-order chi connectivity index (χ0) is 21.2. The number of benzene rings is 1. The number of nitrogens with one attached hydrogen (secondary N) is 2. The van der Waals surface area contributed by atoms with Gasteiger partial charge in [0.25, 0.3) is 5.91 Å². The molecule has 5 aromatic rings. The van der Waals surface area contributed by atoms with Crippen molar-refractivity contribution in [3.63, 3.8) is 0 Å². The number of hydrogen-bond donors (Lipinski definition) is 2. The molecule has 0 fully saturated rings. The molecule has 0 aliphatic rings. The van der Waals surface area contributed by atoms with Crippen LogP contribution in [0.3, 0.4) is 0 Å². The Bertz CT molecular complexity index is 1390. The number of carbonyl (C=O) groups is 1. The van der Waals surface area contributed by atoms with Crippen LogP contribution in [0.2, 0.25) is 0 Å². The van der Waals surface area contributed by atoms with Gasteiger partial charge in [0.2, 0.25) is 0 Å². The van der Waals surface area contributed by atoms with Gasteiger partial charge in [0.1, 0.15) is 0 Å². The number of H-pyrrole nitrogens is 1. The van der Waals surface area contributed by atoms with Crippen LogP contribution in [0.5, 0.6) is 0 Å². The number of hydrogen-bond acceptors (Lipinski definition) is 5. The van der Waals surface area contributed by atoms with Crippen LogP contribution in [0, 0.1) is 6.92 Å². The molecule has 0 unspecified atom stereocenters. The summed E-state index contributed by atoms with van der Waals surface area (Å²) in [5, 5.41) is 10.8. The molecular weight excluding hydrogens is 424 g/mol. The summed E-state index contributed by atoms with van der Waals surface area (Å²) < 4.78 is 0. The Kier molecular flexibility index (Phi) is 5.91. The molecule has 7 nitrogen and oxygen atoms in total. The van der Waals surface area contributed by atoms with Crippen molar-refractivity contribution in [2.75, 3.05) is 5.32 Å². The lowest BCUT2D eigenvalue weighted by Crippen LogP contribution is -2.12. The standard InChI is InChI=1S/C24H18N6O.ClH/c1-15-20(16-4-8-25-9-5-16)13-27-14-21(15)17-2-3-22-19(12-17)23(30-29-22)24(31)28-18-6-10-26-11-7-18;/h2-14H,1H3,(H,29,30)(H,26,28,31);1H. The second kappa shape index (κ2) is 8.95. The summed E-state index contributed by atoms with van der Waals surface area (Å²) in [5.74, 6) is -0.282. The van der Waals surface area contributed by atoms with Gasteiger partial charge in [-0.25, -0.2) is 0 Å². The van der Waals surface area contributed by atoms with Crippen molar-refractivity contribution in [3.8, 4) is 22.3 Å². The van der Waals surface area contributed by atoms with Gasteiger partial charge in [-0.1, -0.05) is 6.07 Å². The third-order valence-electron chi connectivity index (χ3n) is 5.23. The van der Waals surface area contributed by atoms with E-state index in [1.165, 1.54) is 0 Å². The molecule has 0 spiro atoms. The number of rotatable bonds is 4. The van der Waals surface area contributed by atoms with E-state index in [2.05, 4.69) is 37.4 Å². The molecule has 32 heavy (non-hydrogen) atoms. The van der Waals surface area contributed by atoms with E-state index in [0.717, 1.165) is 38.7 Å². The number of carbonyl (C=O) groups excluding carboxylic acids is 1. The molecule has 0 bridgehead atoms. The van der Waals surface area contributed by atoms with E-state index in [9.17, 15) is 4.79 Å². The lowest BCUT2D eigenvalue weighted by molar-refractivity contribution is 0.102. The van der Waals surface area contributed by atoms with Crippen molar-refractivity contribution >= 4 is 34.9 Å². The SMILES string of the molecule is Cc1c(-c2ccncc2)cncc1-c1ccc2[nH]nc(C(=O)Nc3ccncc3)c2c1.Cl. The number of anilines is 1. The van der Waals surface area contributed by atoms with Crippen LogP contribution in [0.15, 0.2) is 79.6 Å². The van der Waals surface area contributed by atoms with Crippen LogP contribution in [-0.4, -0.2) is 31.1 Å². The van der Waals surface area contributed by atoms with E-state index in [1.807, 2.05) is 42.7 Å². The maximum absolute atomic E-state index is 12.8. The fraction of sp³-hybridized carbons (Fsp3) is 0.0417. The van der Waals surface area contributed by atoms with E-state index in [-0.39, 0.29) is 18.3 Å². The number of nitrogens with zero attached hydrogens (tertiary/aromatic N) is 4. The molecule has 0 saturated heterocycles. The van der Waals surface area contributed by atoms with Crippen molar-refractivity contribution in [3.05, 3.63) is 90.9 Å². The van der Waals surface area contributed by atoms with Gasteiger partial charge in [-0.15, -0.1) is 12.4 Å². The third-order valence-corrected chi connectivity index (χ3v) is 5.23. The highest BCUT2D eigenvalue weighted by Gasteiger charge is 2.16. The number of pyridine rings is 3. The molecule has 1 amide bonds. The summed E-state index contributed by atoms with van der Waals surface area (Å²) in [7, 11) is 0. The largest absolute Gasteiger partial charge is 0.320 e. The van der Waals surface area contributed by atoms with Gasteiger partial charge in [0, 0.05) is 59.4 Å². The smallest absolute Gasteiger partial charge is 0.276 e. The summed E-state index contributed by atoms with van der Waals surface area (Å²) in [4.78, 5) is 25.3. The first-order chi connectivity index (χ1) is 15.2. The number of aromatic nitrogens is 5. The Labute approximate surface area is 190 Å². The van der Waals surface area contributed by atoms with Gasteiger partial charge in [-0.2, -0.15) is 5.10 Å². The van der Waals surface area contributed by atoms with Gasteiger partial charge in [-0.05, 0) is 60.0 Å². The second-order valence-electron chi connectivity index (χ2n) is 7.12. The topological polar surface area (TPSA) is 96.5 Å². The molecule has 158 valence electrons. The summed E-state index contributed by atoms with van der Waals surface area (Å²) in [6, 6.07) is 13.3. The molecule has 1 aromatic carbocycles. The molecular formula is C24H19ClN6O. The molecule has 0 aliphatic heterocycles. The molecule has 0 radical (unpaired) electrons. The van der Waals surface area contributed by atoms with Crippen LogP contribution in [-0.2, 0) is 0 Å². The zero-order valence-electron chi connectivity index (χ0n) is 17.1. The van der Waals surface area contributed by atoms with E-state index in [0.29, 0.717) is 11.4 Å². The Hall–Kier alpha value is -4.10. The normalized spacial score (nSPS) is 10.5. The Morgan fingerprint density at radius 3 is 2.22 bits per heavy atom. The first-order valence-corrected chi connectivity index (χ1v) is 9.75. The highest BCUT2D eigenvalue weighted by Crippen LogP contribution is 2.32. The molecule has 2 N–H and O–H groups in total. The van der Waals surface area contributed by atoms with Gasteiger partial charge in [0.05, 0.1) is 5.52 Å². The average molecular weight is 443 g/mol. The van der Waals surface area contributed by atoms with Crippen molar-refractivity contribution in [1.29, 1.82) is 0 Å². The monoisotopic (exact) mass is 442 g/mol. The van der Waals surface area contributed by atoms with Gasteiger partial charge in [0.15, 0.2) is 5.69 Å². The minimum atomic E-state index is -0.282. The Balaban J connectivity index is 0.00000245. The molecule has 8 heteroatoms. The molecule has 4 heterocycles. The van der Waals surface area contributed by atoms with Gasteiger partial charge in [-0.3, -0.25) is 24.8 Å². The van der Waals surface area contributed by atoms with Gasteiger partial charge >= 0.3 is 0 Å². The maximum atomic E-state index is 12.8. The Morgan fingerprint density at radius 1 is 0.844 bits per heavy atom. The predicted molar refractivity (Wildman–Crippen MR) is 127 cm³/mol. The first-order valence-electron chi connectivity index (χ1n) is 9.75. The lowest BCUT2D eigenvalue weighted by atomic mass is 9.95. The third kappa shape index (κ3) is 3.93. The highest BCUT2D eigenvalue weighted by atomic mass is 35.5. The number of aromatic amines is 1. The summed E-state index contributed by atoms with van der Waals surface area (Å²) in [6.07, 6.45) is 10.5. The summed E-state index contributed by atoms with van der Waals surface area (Å²) in [6.45, 7) is 2.07. The van der Waals surface area contributed by atoms with Crippen LogP contribution in [0.25, 0.3) is 33.2 Å². The van der Waals surface area contributed by atoms with Crippen LogP contribution >= 0.6 is 12.4 Å². The van der Waals surface area contributed by atoms with E-state index in [4.69, 9.17) is 0 Å². The molecule has 0 saturated carbocycles. The molecule has 4 aromatic heterocycles. The second-order valence-corrected chi connectivity index (χ2v) is 7.12. The molecule has 0 atom stereocenters. The van der Waals surface area contributed by atoms with Crippen molar-refractivity contribution in [2.24, 2.45) is 0 Å². The van der Waals surface area contributed by atoms with Crippen molar-refractivity contribution in [1.82, 2.24) is 25.1 Å². The highest BCUT2D eigenvalue weighted by molar-refractivity contribution is 6.11. The van der Waals surface area contributed by atoms with E-state index >= 15 is 0 Å². The maximum Gasteiger partial charge on any atom is 0.276 e. The fourth-order valence-corrected chi connectivity index (χ4v) is 3.62. The number of fused-ring (bicyclic) bond motifs is 1. The fourth-order valence-electron chi connectivity index (χ4n) is 3.62. The van der Waals surface area contributed by atoms with Crippen molar-refractivity contribution < 1.29 is 4.79 Å².